The molecule has 1 amide bonds. The SMILES string of the molecule is C=CCn1c(=NC(=O)c2cccc(NS(=O)(=O)c3ccc(OC)cc3)c2)sc2c(OC)ccc(OC)c21. The van der Waals surface area contributed by atoms with Crippen LogP contribution < -0.4 is 23.7 Å². The maximum atomic E-state index is 13.2. The topological polar surface area (TPSA) is 108 Å². The number of hydrogen-bond acceptors (Lipinski definition) is 7. The number of allylic oxidation sites excluding steroid dienone is 1. The van der Waals surface area contributed by atoms with Gasteiger partial charge < -0.3 is 18.8 Å². The molecule has 4 aromatic rings. The number of benzene rings is 3. The van der Waals surface area contributed by atoms with E-state index in [4.69, 9.17) is 14.2 Å². The van der Waals surface area contributed by atoms with Gasteiger partial charge in [-0.05, 0) is 54.6 Å². The van der Waals surface area contributed by atoms with Crippen molar-refractivity contribution in [3.63, 3.8) is 0 Å². The van der Waals surface area contributed by atoms with Crippen LogP contribution in [0.15, 0.2) is 83.2 Å². The molecule has 4 rings (SSSR count). The van der Waals surface area contributed by atoms with Crippen molar-refractivity contribution in [2.24, 2.45) is 4.99 Å². The molecule has 37 heavy (non-hydrogen) atoms. The van der Waals surface area contributed by atoms with Crippen molar-refractivity contribution < 1.29 is 27.4 Å². The Labute approximate surface area is 218 Å². The second kappa shape index (κ2) is 10.9. The Bertz CT molecular complexity index is 1640. The summed E-state index contributed by atoms with van der Waals surface area (Å²) < 4.78 is 46.8. The second-order valence-electron chi connectivity index (χ2n) is 7.71. The molecule has 0 saturated heterocycles. The van der Waals surface area contributed by atoms with Gasteiger partial charge in [-0.25, -0.2) is 8.42 Å². The molecule has 0 aliphatic carbocycles. The highest BCUT2D eigenvalue weighted by molar-refractivity contribution is 7.92. The van der Waals surface area contributed by atoms with Crippen LogP contribution in [0, 0.1) is 0 Å². The van der Waals surface area contributed by atoms with E-state index >= 15 is 0 Å². The number of anilines is 1. The summed E-state index contributed by atoms with van der Waals surface area (Å²) >= 11 is 1.28. The van der Waals surface area contributed by atoms with Gasteiger partial charge in [-0.3, -0.25) is 9.52 Å². The van der Waals surface area contributed by atoms with E-state index in [2.05, 4.69) is 16.3 Å². The third kappa shape index (κ3) is 5.37. The normalized spacial score (nSPS) is 11.8. The van der Waals surface area contributed by atoms with Gasteiger partial charge in [-0.1, -0.05) is 23.5 Å². The number of aromatic nitrogens is 1. The minimum absolute atomic E-state index is 0.0633. The molecule has 0 fully saturated rings. The molecular formula is C26H25N3O6S2. The van der Waals surface area contributed by atoms with Crippen molar-refractivity contribution in [3.05, 3.63) is 83.7 Å². The number of fused-ring (bicyclic) bond motifs is 1. The minimum Gasteiger partial charge on any atom is -0.497 e. The summed E-state index contributed by atoms with van der Waals surface area (Å²) in [6.07, 6.45) is 1.70. The van der Waals surface area contributed by atoms with Crippen LogP contribution in [0.1, 0.15) is 10.4 Å². The molecule has 1 heterocycles. The van der Waals surface area contributed by atoms with E-state index in [0.29, 0.717) is 28.6 Å². The van der Waals surface area contributed by atoms with E-state index in [0.717, 1.165) is 10.2 Å². The summed E-state index contributed by atoms with van der Waals surface area (Å²) in [7, 11) is 0.761. The van der Waals surface area contributed by atoms with E-state index in [9.17, 15) is 13.2 Å². The van der Waals surface area contributed by atoms with Gasteiger partial charge in [0.1, 0.15) is 27.5 Å². The monoisotopic (exact) mass is 539 g/mol. The summed E-state index contributed by atoms with van der Waals surface area (Å²) in [4.78, 5) is 18.0. The van der Waals surface area contributed by atoms with Crippen LogP contribution in [0.25, 0.3) is 10.2 Å². The van der Waals surface area contributed by atoms with Crippen molar-refractivity contribution in [2.75, 3.05) is 26.1 Å². The number of sulfonamides is 1. The van der Waals surface area contributed by atoms with Crippen LogP contribution in [-0.2, 0) is 16.6 Å². The highest BCUT2D eigenvalue weighted by Crippen LogP contribution is 2.35. The molecule has 9 nitrogen and oxygen atoms in total. The highest BCUT2D eigenvalue weighted by Gasteiger charge is 2.18. The fourth-order valence-corrected chi connectivity index (χ4v) is 5.87. The van der Waals surface area contributed by atoms with Crippen molar-refractivity contribution in [1.82, 2.24) is 4.57 Å². The summed E-state index contributed by atoms with van der Waals surface area (Å²) in [5, 5.41) is 0. The lowest BCUT2D eigenvalue weighted by Gasteiger charge is -2.09. The Kier molecular flexibility index (Phi) is 7.65. The van der Waals surface area contributed by atoms with Crippen molar-refractivity contribution in [2.45, 2.75) is 11.4 Å². The van der Waals surface area contributed by atoms with Gasteiger partial charge in [0, 0.05) is 17.8 Å². The number of carbonyl (C=O) groups excluding carboxylic acids is 1. The fraction of sp³-hybridized carbons (Fsp3) is 0.154. The van der Waals surface area contributed by atoms with Crippen LogP contribution in [0.5, 0.6) is 17.2 Å². The average Bonchev–Trinajstić information content (AvgIpc) is 3.26. The van der Waals surface area contributed by atoms with Crippen LogP contribution in [0.3, 0.4) is 0 Å². The molecule has 0 radical (unpaired) electrons. The lowest BCUT2D eigenvalue weighted by Crippen LogP contribution is -2.17. The first-order valence-corrected chi connectivity index (χ1v) is 13.3. The van der Waals surface area contributed by atoms with Gasteiger partial charge in [-0.15, -0.1) is 6.58 Å². The first-order chi connectivity index (χ1) is 17.8. The molecule has 1 aromatic heterocycles. The Hall–Kier alpha value is -4.09. The van der Waals surface area contributed by atoms with Crippen molar-refractivity contribution in [1.29, 1.82) is 0 Å². The molecular weight excluding hydrogens is 514 g/mol. The molecule has 0 saturated carbocycles. The Morgan fingerprint density at radius 1 is 1.03 bits per heavy atom. The summed E-state index contributed by atoms with van der Waals surface area (Å²) in [5.41, 5.74) is 1.19. The van der Waals surface area contributed by atoms with E-state index in [1.807, 2.05) is 4.57 Å². The molecule has 3 aromatic carbocycles. The highest BCUT2D eigenvalue weighted by atomic mass is 32.2. The molecule has 0 spiro atoms. The zero-order valence-electron chi connectivity index (χ0n) is 20.4. The second-order valence-corrected chi connectivity index (χ2v) is 10.4. The molecule has 0 atom stereocenters. The first kappa shape index (κ1) is 26.0. The van der Waals surface area contributed by atoms with Crippen LogP contribution in [-0.4, -0.2) is 40.2 Å². The van der Waals surface area contributed by atoms with Gasteiger partial charge in [0.15, 0.2) is 4.80 Å². The maximum absolute atomic E-state index is 13.2. The number of ether oxygens (including phenoxy) is 3. The Morgan fingerprint density at radius 2 is 1.73 bits per heavy atom. The molecule has 1 N–H and O–H groups in total. The van der Waals surface area contributed by atoms with Crippen LogP contribution in [0.4, 0.5) is 5.69 Å². The first-order valence-electron chi connectivity index (χ1n) is 11.0. The third-order valence-corrected chi connectivity index (χ3v) is 7.92. The van der Waals surface area contributed by atoms with Gasteiger partial charge in [0.25, 0.3) is 15.9 Å². The predicted molar refractivity (Wildman–Crippen MR) is 143 cm³/mol. The Balaban J connectivity index is 1.71. The maximum Gasteiger partial charge on any atom is 0.279 e. The summed E-state index contributed by atoms with van der Waals surface area (Å²) in [5.74, 6) is 1.24. The van der Waals surface area contributed by atoms with E-state index < -0.39 is 15.9 Å². The molecule has 0 unspecified atom stereocenters. The minimum atomic E-state index is -3.87. The molecule has 0 aliphatic rings. The zero-order valence-corrected chi connectivity index (χ0v) is 22.1. The van der Waals surface area contributed by atoms with Crippen LogP contribution in [0.2, 0.25) is 0 Å². The molecule has 11 heteroatoms. The van der Waals surface area contributed by atoms with Crippen molar-refractivity contribution >= 4 is 43.2 Å². The van der Waals surface area contributed by atoms with Crippen LogP contribution >= 0.6 is 11.3 Å². The predicted octanol–water partition coefficient (Wildman–Crippen LogP) is 4.46. The zero-order chi connectivity index (χ0) is 26.6. The lowest BCUT2D eigenvalue weighted by molar-refractivity contribution is 0.0998. The number of thiazole rings is 1. The summed E-state index contributed by atoms with van der Waals surface area (Å²) in [6.45, 7) is 4.20. The van der Waals surface area contributed by atoms with E-state index in [-0.39, 0.29) is 16.1 Å². The fourth-order valence-electron chi connectivity index (χ4n) is 3.67. The lowest BCUT2D eigenvalue weighted by atomic mass is 10.2. The van der Waals surface area contributed by atoms with Gasteiger partial charge in [0.2, 0.25) is 0 Å². The standard InChI is InChI=1S/C26H25N3O6S2/c1-5-15-29-23-21(34-3)13-14-22(35-4)24(23)36-26(29)27-25(30)17-7-6-8-18(16-17)28-37(31,32)20-11-9-19(33-2)10-12-20/h5-14,16,28H,1,15H2,2-4H3. The number of rotatable bonds is 9. The number of hydrogen-bond donors (Lipinski definition) is 1. The van der Waals surface area contributed by atoms with Gasteiger partial charge >= 0.3 is 0 Å². The van der Waals surface area contributed by atoms with E-state index in [1.165, 1.54) is 36.6 Å². The number of nitrogens with zero attached hydrogens (tertiary/aromatic N) is 2. The largest absolute Gasteiger partial charge is 0.497 e. The number of methoxy groups -OCH3 is 3. The molecule has 0 aliphatic heterocycles. The van der Waals surface area contributed by atoms with Gasteiger partial charge in [-0.2, -0.15) is 4.99 Å². The number of carbonyl (C=O) groups is 1. The molecule has 192 valence electrons. The summed E-state index contributed by atoms with van der Waals surface area (Å²) in [6, 6.07) is 15.7. The average molecular weight is 540 g/mol. The Morgan fingerprint density at radius 3 is 2.38 bits per heavy atom. The van der Waals surface area contributed by atoms with Crippen molar-refractivity contribution in [3.8, 4) is 17.2 Å². The van der Waals surface area contributed by atoms with Gasteiger partial charge in [0.05, 0.1) is 26.2 Å². The quantitative estimate of drug-likeness (QED) is 0.315. The smallest absolute Gasteiger partial charge is 0.279 e. The number of nitrogens with one attached hydrogen (secondary N) is 1. The molecule has 0 bridgehead atoms. The van der Waals surface area contributed by atoms with E-state index in [1.54, 1.807) is 62.8 Å². The number of amides is 1. The third-order valence-electron chi connectivity index (χ3n) is 5.43.